The van der Waals surface area contributed by atoms with Crippen LogP contribution in [-0.2, 0) is 0 Å². The van der Waals surface area contributed by atoms with E-state index in [4.69, 9.17) is 14.2 Å². The van der Waals surface area contributed by atoms with Crippen LogP contribution in [0.5, 0.6) is 23.1 Å². The number of pyridine rings is 1. The average molecular weight is 312 g/mol. The lowest BCUT2D eigenvalue weighted by Gasteiger charge is -2.10. The molecule has 3 heterocycles. The number of aromatic nitrogens is 4. The van der Waals surface area contributed by atoms with E-state index in [1.165, 1.54) is 6.07 Å². The molecule has 0 aliphatic carbocycles. The molecule has 0 bridgehead atoms. The quantitative estimate of drug-likeness (QED) is 0.788. The Hall–Kier alpha value is -3.29. The second-order valence-corrected chi connectivity index (χ2v) is 4.82. The first-order valence-corrected chi connectivity index (χ1v) is 6.80. The first-order chi connectivity index (χ1) is 11.3. The molecule has 1 aromatic carbocycles. The number of methoxy groups -OCH3 is 1. The van der Waals surface area contributed by atoms with Gasteiger partial charge in [-0.25, -0.2) is 9.67 Å². The number of nitrogens with zero attached hydrogens (tertiary/aromatic N) is 4. The van der Waals surface area contributed by atoms with Crippen molar-refractivity contribution in [2.24, 2.45) is 0 Å². The molecule has 1 N–H and O–H groups in total. The average Bonchev–Trinajstić information content (AvgIpc) is 3.23. The van der Waals surface area contributed by atoms with E-state index < -0.39 is 0 Å². The van der Waals surface area contributed by atoms with Crippen LogP contribution in [0.4, 0.5) is 0 Å². The second-order valence-electron chi connectivity index (χ2n) is 4.82. The fourth-order valence-corrected chi connectivity index (χ4v) is 2.40. The third kappa shape index (κ3) is 2.20. The summed E-state index contributed by atoms with van der Waals surface area (Å²) in [5, 5.41) is 17.4. The Morgan fingerprint density at radius 1 is 1.22 bits per heavy atom. The van der Waals surface area contributed by atoms with Crippen molar-refractivity contribution in [3.63, 3.8) is 0 Å². The topological polar surface area (TPSA) is 91.5 Å². The predicted molar refractivity (Wildman–Crippen MR) is 78.9 cm³/mol. The van der Waals surface area contributed by atoms with E-state index in [0.29, 0.717) is 22.9 Å². The van der Waals surface area contributed by atoms with E-state index in [9.17, 15) is 5.11 Å². The summed E-state index contributed by atoms with van der Waals surface area (Å²) in [6.45, 7) is 0.154. The standard InChI is InChI=1S/C15H12N4O4/c1-21-12-4-10(5-13-15(12)23-8-22-13)19-11(7-17-18-19)9-2-3-14(20)16-6-9/h2-7H,8H2,1H3,(H,16,20). The molecule has 0 radical (unpaired) electrons. The lowest BCUT2D eigenvalue weighted by atomic mass is 10.2. The maximum Gasteiger partial charge on any atom is 0.231 e. The zero-order valence-electron chi connectivity index (χ0n) is 12.1. The SMILES string of the molecule is COc1cc(-n2nncc2-c2ccc(O)nc2)cc2c1OCO2. The fraction of sp³-hybridized carbons (Fsp3) is 0.133. The van der Waals surface area contributed by atoms with Gasteiger partial charge in [0.25, 0.3) is 0 Å². The Bertz CT molecular complexity index is 860. The number of fused-ring (bicyclic) bond motifs is 1. The van der Waals surface area contributed by atoms with Gasteiger partial charge < -0.3 is 19.3 Å². The molecule has 0 atom stereocenters. The molecule has 0 saturated carbocycles. The number of rotatable bonds is 3. The lowest BCUT2D eigenvalue weighted by molar-refractivity contribution is 0.171. The molecule has 116 valence electrons. The summed E-state index contributed by atoms with van der Waals surface area (Å²) in [5.74, 6) is 1.67. The minimum Gasteiger partial charge on any atom is -0.493 e. The van der Waals surface area contributed by atoms with Crippen LogP contribution in [0.2, 0.25) is 0 Å². The molecular weight excluding hydrogens is 300 g/mol. The van der Waals surface area contributed by atoms with E-state index in [0.717, 1.165) is 11.3 Å². The summed E-state index contributed by atoms with van der Waals surface area (Å²) in [6.07, 6.45) is 3.17. The molecule has 8 heteroatoms. The van der Waals surface area contributed by atoms with Crippen LogP contribution in [0.25, 0.3) is 16.9 Å². The van der Waals surface area contributed by atoms with Gasteiger partial charge in [0.15, 0.2) is 11.5 Å². The number of ether oxygens (including phenoxy) is 3. The van der Waals surface area contributed by atoms with Gasteiger partial charge in [-0.15, -0.1) is 5.10 Å². The summed E-state index contributed by atoms with van der Waals surface area (Å²) in [6, 6.07) is 6.84. The molecule has 0 saturated heterocycles. The predicted octanol–water partition coefficient (Wildman–Crippen LogP) is 1.77. The molecule has 1 aliphatic rings. The van der Waals surface area contributed by atoms with Crippen molar-refractivity contribution in [1.82, 2.24) is 20.0 Å². The van der Waals surface area contributed by atoms with Crippen LogP contribution in [-0.4, -0.2) is 39.0 Å². The molecule has 0 amide bonds. The van der Waals surface area contributed by atoms with Gasteiger partial charge in [0.1, 0.15) is 0 Å². The van der Waals surface area contributed by atoms with Gasteiger partial charge in [-0.1, -0.05) is 5.21 Å². The maximum absolute atomic E-state index is 9.32. The number of benzene rings is 1. The first-order valence-electron chi connectivity index (χ1n) is 6.80. The summed E-state index contributed by atoms with van der Waals surface area (Å²) in [5.41, 5.74) is 2.20. The molecule has 1 aliphatic heterocycles. The van der Waals surface area contributed by atoms with E-state index >= 15 is 0 Å². The smallest absolute Gasteiger partial charge is 0.231 e. The van der Waals surface area contributed by atoms with Crippen molar-refractivity contribution in [2.75, 3.05) is 13.9 Å². The van der Waals surface area contributed by atoms with Crippen LogP contribution in [0.3, 0.4) is 0 Å². The second kappa shape index (κ2) is 5.16. The zero-order chi connectivity index (χ0) is 15.8. The summed E-state index contributed by atoms with van der Waals surface area (Å²) < 4.78 is 17.8. The highest BCUT2D eigenvalue weighted by molar-refractivity contribution is 5.64. The van der Waals surface area contributed by atoms with Gasteiger partial charge in [-0.2, -0.15) is 0 Å². The molecule has 4 rings (SSSR count). The van der Waals surface area contributed by atoms with Crippen molar-refractivity contribution in [3.05, 3.63) is 36.7 Å². The molecular formula is C15H12N4O4. The van der Waals surface area contributed by atoms with Crippen molar-refractivity contribution in [1.29, 1.82) is 0 Å². The Balaban J connectivity index is 1.83. The molecule has 0 fully saturated rings. The Morgan fingerprint density at radius 3 is 2.91 bits per heavy atom. The summed E-state index contributed by atoms with van der Waals surface area (Å²) in [7, 11) is 1.56. The van der Waals surface area contributed by atoms with Gasteiger partial charge in [0.2, 0.25) is 18.4 Å². The van der Waals surface area contributed by atoms with Crippen molar-refractivity contribution >= 4 is 0 Å². The minimum absolute atomic E-state index is 0.0440. The summed E-state index contributed by atoms with van der Waals surface area (Å²) >= 11 is 0. The van der Waals surface area contributed by atoms with E-state index in [1.807, 2.05) is 0 Å². The van der Waals surface area contributed by atoms with Crippen LogP contribution in [0.15, 0.2) is 36.7 Å². The van der Waals surface area contributed by atoms with Gasteiger partial charge in [-0.3, -0.25) is 0 Å². The van der Waals surface area contributed by atoms with E-state index in [1.54, 1.807) is 42.4 Å². The molecule has 2 aromatic heterocycles. The van der Waals surface area contributed by atoms with Crippen LogP contribution < -0.4 is 14.2 Å². The zero-order valence-corrected chi connectivity index (χ0v) is 12.1. The molecule has 8 nitrogen and oxygen atoms in total. The van der Waals surface area contributed by atoms with E-state index in [2.05, 4.69) is 15.3 Å². The fourth-order valence-electron chi connectivity index (χ4n) is 2.40. The van der Waals surface area contributed by atoms with Gasteiger partial charge >= 0.3 is 0 Å². The van der Waals surface area contributed by atoms with Crippen molar-refractivity contribution < 1.29 is 19.3 Å². The highest BCUT2D eigenvalue weighted by atomic mass is 16.7. The number of hydrogen-bond acceptors (Lipinski definition) is 7. The van der Waals surface area contributed by atoms with Crippen LogP contribution in [0.1, 0.15) is 0 Å². The highest BCUT2D eigenvalue weighted by Crippen LogP contribution is 2.43. The third-order valence-corrected chi connectivity index (χ3v) is 3.48. The molecule has 23 heavy (non-hydrogen) atoms. The van der Waals surface area contributed by atoms with Gasteiger partial charge in [0.05, 0.1) is 24.7 Å². The first kappa shape index (κ1) is 13.4. The van der Waals surface area contributed by atoms with Gasteiger partial charge in [-0.05, 0) is 6.07 Å². The Morgan fingerprint density at radius 2 is 2.13 bits per heavy atom. The van der Waals surface area contributed by atoms with Gasteiger partial charge in [0, 0.05) is 30.0 Å². The van der Waals surface area contributed by atoms with Crippen LogP contribution >= 0.6 is 0 Å². The Labute approximate surface area is 130 Å². The largest absolute Gasteiger partial charge is 0.493 e. The van der Waals surface area contributed by atoms with Crippen molar-refractivity contribution in [2.45, 2.75) is 0 Å². The summed E-state index contributed by atoms with van der Waals surface area (Å²) in [4.78, 5) is 3.88. The molecule has 3 aromatic rings. The normalized spacial score (nSPS) is 12.4. The molecule has 0 spiro atoms. The minimum atomic E-state index is -0.0440. The molecule has 0 unspecified atom stereocenters. The third-order valence-electron chi connectivity index (χ3n) is 3.48. The van der Waals surface area contributed by atoms with Crippen LogP contribution in [0, 0.1) is 0 Å². The number of hydrogen-bond donors (Lipinski definition) is 1. The van der Waals surface area contributed by atoms with E-state index in [-0.39, 0.29) is 12.7 Å². The van der Waals surface area contributed by atoms with Crippen molar-refractivity contribution in [3.8, 4) is 40.1 Å². The maximum atomic E-state index is 9.32. The highest BCUT2D eigenvalue weighted by Gasteiger charge is 2.22. The lowest BCUT2D eigenvalue weighted by Crippen LogP contribution is -2.00. The monoisotopic (exact) mass is 312 g/mol. The number of aromatic hydroxyl groups is 1. The Kier molecular flexibility index (Phi) is 3.00.